The van der Waals surface area contributed by atoms with E-state index in [0.717, 1.165) is 0 Å². The first kappa shape index (κ1) is 15.3. The van der Waals surface area contributed by atoms with Gasteiger partial charge in [-0.3, -0.25) is 4.79 Å². The van der Waals surface area contributed by atoms with Gasteiger partial charge in [0, 0.05) is 25.3 Å². The normalized spacial score (nSPS) is 10.9. The van der Waals surface area contributed by atoms with Crippen molar-refractivity contribution in [3.8, 4) is 0 Å². The van der Waals surface area contributed by atoms with Crippen molar-refractivity contribution in [2.45, 2.75) is 19.9 Å². The Balaban J connectivity index is 2.59. The van der Waals surface area contributed by atoms with Gasteiger partial charge in [-0.05, 0) is 27.0 Å². The molecule has 0 aliphatic rings. The van der Waals surface area contributed by atoms with Crippen LogP contribution in [0.3, 0.4) is 0 Å². The van der Waals surface area contributed by atoms with Gasteiger partial charge in [0.15, 0.2) is 11.6 Å². The van der Waals surface area contributed by atoms with Gasteiger partial charge in [0.1, 0.15) is 0 Å². The number of hydrogen-bond acceptors (Lipinski definition) is 5. The van der Waals surface area contributed by atoms with Gasteiger partial charge in [-0.15, -0.1) is 0 Å². The van der Waals surface area contributed by atoms with Crippen LogP contribution in [-0.4, -0.2) is 42.0 Å². The number of amides is 1. The number of nitrogens with one attached hydrogen (secondary N) is 2. The largest absolute Gasteiger partial charge is 0.351 e. The predicted octanol–water partition coefficient (Wildman–Crippen LogP) is 0.576. The third-order valence-corrected chi connectivity index (χ3v) is 2.90. The smallest absolute Gasteiger partial charge is 0.254 e. The van der Waals surface area contributed by atoms with E-state index in [1.54, 1.807) is 0 Å². The number of hydrogen-bond donors (Lipinski definition) is 3. The minimum Gasteiger partial charge on any atom is -0.351 e. The van der Waals surface area contributed by atoms with Gasteiger partial charge >= 0.3 is 0 Å². The molecular weight excluding hydrogens is 249 g/mol. The highest BCUT2D eigenvalue weighted by atomic mass is 19.1. The monoisotopic (exact) mass is 269 g/mol. The van der Waals surface area contributed by atoms with E-state index >= 15 is 0 Å². The molecule has 1 heterocycles. The van der Waals surface area contributed by atoms with Gasteiger partial charge < -0.3 is 15.6 Å². The maximum Gasteiger partial charge on any atom is 0.254 e. The van der Waals surface area contributed by atoms with Crippen LogP contribution in [0, 0.1) is 5.82 Å². The fourth-order valence-corrected chi connectivity index (χ4v) is 1.42. The number of carbonyl (C=O) groups is 1. The Morgan fingerprint density at radius 3 is 2.84 bits per heavy atom. The number of halogens is 1. The first-order valence-corrected chi connectivity index (χ1v) is 6.07. The Hall–Kier alpha value is -1.73. The van der Waals surface area contributed by atoms with Crippen molar-refractivity contribution in [3.63, 3.8) is 0 Å². The molecule has 106 valence electrons. The first-order chi connectivity index (χ1) is 8.97. The number of nitrogen functional groups attached to an aromatic ring is 1. The quantitative estimate of drug-likeness (QED) is 0.519. The van der Waals surface area contributed by atoms with Gasteiger partial charge in [-0.25, -0.2) is 15.2 Å². The molecule has 0 aliphatic heterocycles. The Morgan fingerprint density at radius 2 is 2.26 bits per heavy atom. The molecule has 1 rings (SSSR count). The third kappa shape index (κ3) is 4.15. The summed E-state index contributed by atoms with van der Waals surface area (Å²) < 4.78 is 13.8. The van der Waals surface area contributed by atoms with Crippen molar-refractivity contribution < 1.29 is 9.18 Å². The minimum absolute atomic E-state index is 0.0739. The highest BCUT2D eigenvalue weighted by Gasteiger charge is 2.15. The van der Waals surface area contributed by atoms with Crippen LogP contribution < -0.4 is 16.6 Å². The summed E-state index contributed by atoms with van der Waals surface area (Å²) >= 11 is 0. The average Bonchev–Trinajstić information content (AvgIpc) is 2.38. The van der Waals surface area contributed by atoms with E-state index in [-0.39, 0.29) is 11.4 Å². The topological polar surface area (TPSA) is 83.3 Å². The second kappa shape index (κ2) is 7.01. The molecule has 1 aromatic rings. The van der Waals surface area contributed by atoms with Crippen LogP contribution in [0.25, 0.3) is 0 Å². The number of nitrogens with two attached hydrogens (primary N) is 1. The molecule has 4 N–H and O–H groups in total. The zero-order valence-electron chi connectivity index (χ0n) is 11.4. The van der Waals surface area contributed by atoms with Gasteiger partial charge in [-0.1, -0.05) is 0 Å². The van der Waals surface area contributed by atoms with E-state index in [1.165, 1.54) is 12.3 Å². The summed E-state index contributed by atoms with van der Waals surface area (Å²) in [4.78, 5) is 17.6. The number of aromatic nitrogens is 1. The van der Waals surface area contributed by atoms with Crippen molar-refractivity contribution in [2.75, 3.05) is 25.6 Å². The summed E-state index contributed by atoms with van der Waals surface area (Å²) in [6.45, 7) is 5.26. The number of hydrazine groups is 1. The lowest BCUT2D eigenvalue weighted by Gasteiger charge is -2.20. The number of likely N-dealkylation sites (N-methyl/N-ethyl adjacent to an activating group) is 1. The molecule has 0 spiro atoms. The van der Waals surface area contributed by atoms with E-state index in [2.05, 4.69) is 34.5 Å². The molecule has 0 radical (unpaired) electrons. The number of nitrogens with zero attached hydrogens (tertiary/aromatic N) is 2. The molecular formula is C12H20FN5O. The van der Waals surface area contributed by atoms with Crippen LogP contribution >= 0.6 is 0 Å². The molecule has 0 bridgehead atoms. The standard InChI is InChI=1S/C12H20FN5O/c1-8(2)18(3)7-6-16-12(19)9-4-5-15-11(17-14)10(9)13/h4-5,8H,6-7,14H2,1-3H3,(H,15,17)(H,16,19). The lowest BCUT2D eigenvalue weighted by Crippen LogP contribution is -2.36. The molecule has 0 aliphatic carbocycles. The predicted molar refractivity (Wildman–Crippen MR) is 72.1 cm³/mol. The molecule has 0 unspecified atom stereocenters. The maximum atomic E-state index is 13.8. The number of anilines is 1. The summed E-state index contributed by atoms with van der Waals surface area (Å²) in [5, 5.41) is 2.66. The summed E-state index contributed by atoms with van der Waals surface area (Å²) in [5.74, 6) is 3.73. The minimum atomic E-state index is -0.750. The van der Waals surface area contributed by atoms with E-state index in [4.69, 9.17) is 5.84 Å². The molecule has 0 saturated heterocycles. The van der Waals surface area contributed by atoms with Crippen LogP contribution in [0.15, 0.2) is 12.3 Å². The number of rotatable bonds is 6. The lowest BCUT2D eigenvalue weighted by molar-refractivity contribution is 0.0944. The van der Waals surface area contributed by atoms with Gasteiger partial charge in [0.05, 0.1) is 5.56 Å². The molecule has 6 nitrogen and oxygen atoms in total. The SMILES string of the molecule is CC(C)N(C)CCNC(=O)c1ccnc(NN)c1F. The lowest BCUT2D eigenvalue weighted by atomic mass is 10.2. The highest BCUT2D eigenvalue weighted by Crippen LogP contribution is 2.13. The van der Waals surface area contributed by atoms with Crippen LogP contribution in [0.2, 0.25) is 0 Å². The summed E-state index contributed by atoms with van der Waals surface area (Å²) in [6.07, 6.45) is 1.33. The van der Waals surface area contributed by atoms with Crippen molar-refractivity contribution >= 4 is 11.7 Å². The Labute approximate surface area is 112 Å². The third-order valence-electron chi connectivity index (χ3n) is 2.90. The molecule has 1 aromatic heterocycles. The van der Waals surface area contributed by atoms with Gasteiger partial charge in [0.25, 0.3) is 5.91 Å². The Kier molecular flexibility index (Phi) is 5.65. The van der Waals surface area contributed by atoms with E-state index in [1.807, 2.05) is 7.05 Å². The molecule has 0 aromatic carbocycles. The molecule has 0 atom stereocenters. The molecule has 19 heavy (non-hydrogen) atoms. The highest BCUT2D eigenvalue weighted by molar-refractivity contribution is 5.95. The summed E-state index contributed by atoms with van der Waals surface area (Å²) in [7, 11) is 1.96. The van der Waals surface area contributed by atoms with Crippen LogP contribution in [0.4, 0.5) is 10.2 Å². The van der Waals surface area contributed by atoms with Crippen LogP contribution in [-0.2, 0) is 0 Å². The Bertz CT molecular complexity index is 438. The molecule has 0 saturated carbocycles. The van der Waals surface area contributed by atoms with Crippen LogP contribution in [0.1, 0.15) is 24.2 Å². The maximum absolute atomic E-state index is 13.8. The second-order valence-electron chi connectivity index (χ2n) is 4.50. The zero-order chi connectivity index (χ0) is 14.4. The van der Waals surface area contributed by atoms with Crippen molar-refractivity contribution in [1.82, 2.24) is 15.2 Å². The van der Waals surface area contributed by atoms with E-state index in [0.29, 0.717) is 19.1 Å². The van der Waals surface area contributed by atoms with Crippen molar-refractivity contribution in [1.29, 1.82) is 0 Å². The number of carbonyl (C=O) groups excluding carboxylic acids is 1. The average molecular weight is 269 g/mol. The summed E-state index contributed by atoms with van der Waals surface area (Å²) in [6, 6.07) is 1.71. The van der Waals surface area contributed by atoms with E-state index in [9.17, 15) is 9.18 Å². The zero-order valence-corrected chi connectivity index (χ0v) is 11.4. The first-order valence-electron chi connectivity index (χ1n) is 6.07. The van der Waals surface area contributed by atoms with Crippen molar-refractivity contribution in [3.05, 3.63) is 23.6 Å². The van der Waals surface area contributed by atoms with Gasteiger partial charge in [-0.2, -0.15) is 0 Å². The van der Waals surface area contributed by atoms with Crippen LogP contribution in [0.5, 0.6) is 0 Å². The molecule has 0 fully saturated rings. The molecule has 7 heteroatoms. The fraction of sp³-hybridized carbons (Fsp3) is 0.500. The fourth-order valence-electron chi connectivity index (χ4n) is 1.42. The molecule has 1 amide bonds. The number of pyridine rings is 1. The van der Waals surface area contributed by atoms with E-state index < -0.39 is 11.7 Å². The summed E-state index contributed by atoms with van der Waals surface area (Å²) in [5.41, 5.74) is 2.03. The van der Waals surface area contributed by atoms with Crippen molar-refractivity contribution in [2.24, 2.45) is 5.84 Å². The Morgan fingerprint density at radius 1 is 1.58 bits per heavy atom. The van der Waals surface area contributed by atoms with Gasteiger partial charge in [0.2, 0.25) is 0 Å². The second-order valence-corrected chi connectivity index (χ2v) is 4.50.